The van der Waals surface area contributed by atoms with E-state index in [9.17, 15) is 18.0 Å². The van der Waals surface area contributed by atoms with Crippen molar-refractivity contribution < 1.29 is 27.5 Å². The van der Waals surface area contributed by atoms with Crippen molar-refractivity contribution >= 4 is 32.9 Å². The minimum atomic E-state index is -3.97. The Bertz CT molecular complexity index is 1840. The average molecular weight is 647 g/mol. The van der Waals surface area contributed by atoms with Crippen LogP contribution in [0.25, 0.3) is 22.2 Å². The van der Waals surface area contributed by atoms with Crippen LogP contribution in [0.1, 0.15) is 78.3 Å². The number of benzene rings is 2. The van der Waals surface area contributed by atoms with Gasteiger partial charge in [0, 0.05) is 61.6 Å². The zero-order chi connectivity index (χ0) is 32.4. The van der Waals surface area contributed by atoms with Crippen LogP contribution in [0, 0.1) is 5.41 Å². The summed E-state index contributed by atoms with van der Waals surface area (Å²) in [4.78, 5) is 29.8. The molecule has 4 aliphatic rings. The van der Waals surface area contributed by atoms with E-state index in [1.807, 2.05) is 17.0 Å². The number of rotatable bonds is 8. The number of hydrogen-bond donors (Lipinski definition) is 1. The van der Waals surface area contributed by atoms with Gasteiger partial charge in [-0.05, 0) is 66.6 Å². The molecule has 3 atom stereocenters. The Morgan fingerprint density at radius 1 is 1.09 bits per heavy atom. The van der Waals surface area contributed by atoms with Crippen LogP contribution in [0.15, 0.2) is 49.2 Å². The Balaban J connectivity index is 1.41. The largest absolute Gasteiger partial charge is 0.497 e. The third-order valence-corrected chi connectivity index (χ3v) is 12.0. The highest BCUT2D eigenvalue weighted by molar-refractivity contribution is 7.87. The molecule has 0 spiro atoms. The van der Waals surface area contributed by atoms with E-state index in [-0.39, 0.29) is 23.5 Å². The lowest BCUT2D eigenvalue weighted by atomic mass is 9.81. The number of nitrogens with one attached hydrogen (secondary N) is 1. The average Bonchev–Trinajstić information content (AvgIpc) is 3.48. The lowest BCUT2D eigenvalue weighted by molar-refractivity contribution is -0.137. The summed E-state index contributed by atoms with van der Waals surface area (Å²) in [5.41, 5.74) is 5.04. The number of likely N-dealkylation sites (tertiary alicyclic amines) is 1. The first kappa shape index (κ1) is 30.8. The summed E-state index contributed by atoms with van der Waals surface area (Å²) in [5.74, 6) is 0.561. The van der Waals surface area contributed by atoms with Gasteiger partial charge in [0.15, 0.2) is 0 Å². The number of amides is 2. The maximum Gasteiger partial charge on any atom is 0.303 e. The number of carbonyl (C=O) groups is 2. The quantitative estimate of drug-likeness (QED) is 0.339. The minimum Gasteiger partial charge on any atom is -0.497 e. The van der Waals surface area contributed by atoms with E-state index in [4.69, 9.17) is 9.47 Å². The van der Waals surface area contributed by atoms with Gasteiger partial charge < -0.3 is 18.9 Å². The number of carbonyl (C=O) groups excluding carboxylic acids is 2. The SMILES string of the molecule is C=COC1CCN(C(=O)C23CC2c2cc(OC)ccc2-c2c(C4CCCCC4)c4ccc(C(=O)NS(=O)(=O)N(C)C)cc4n2C3)C1. The van der Waals surface area contributed by atoms with E-state index in [0.29, 0.717) is 32.0 Å². The fraction of sp³-hybridized carbons (Fsp3) is 0.486. The Morgan fingerprint density at radius 2 is 1.87 bits per heavy atom. The zero-order valence-electron chi connectivity index (χ0n) is 26.8. The summed E-state index contributed by atoms with van der Waals surface area (Å²) < 4.78 is 41.8. The number of hydrogen-bond acceptors (Lipinski definition) is 6. The highest BCUT2D eigenvalue weighted by Crippen LogP contribution is 2.66. The van der Waals surface area contributed by atoms with Crippen molar-refractivity contribution in [3.05, 3.63) is 65.9 Å². The van der Waals surface area contributed by atoms with Crippen molar-refractivity contribution in [2.75, 3.05) is 34.3 Å². The summed E-state index contributed by atoms with van der Waals surface area (Å²) in [6.45, 7) is 5.33. The van der Waals surface area contributed by atoms with Crippen molar-refractivity contribution in [1.29, 1.82) is 0 Å². The molecule has 0 bridgehead atoms. The summed E-state index contributed by atoms with van der Waals surface area (Å²) >= 11 is 0. The molecular weight excluding hydrogens is 604 g/mol. The van der Waals surface area contributed by atoms with Gasteiger partial charge in [-0.1, -0.05) is 31.9 Å². The van der Waals surface area contributed by atoms with Gasteiger partial charge in [0.2, 0.25) is 5.91 Å². The predicted octanol–water partition coefficient (Wildman–Crippen LogP) is 5.15. The minimum absolute atomic E-state index is 0.0235. The van der Waals surface area contributed by atoms with E-state index in [0.717, 1.165) is 69.9 Å². The van der Waals surface area contributed by atoms with Crippen LogP contribution < -0.4 is 9.46 Å². The van der Waals surface area contributed by atoms with Gasteiger partial charge >= 0.3 is 10.2 Å². The molecule has 7 rings (SSSR count). The molecule has 3 fully saturated rings. The molecule has 11 heteroatoms. The molecule has 10 nitrogen and oxygen atoms in total. The van der Waals surface area contributed by atoms with Crippen LogP contribution in [-0.2, 0) is 26.3 Å². The Labute approximate surface area is 270 Å². The molecule has 0 radical (unpaired) electrons. The van der Waals surface area contributed by atoms with Gasteiger partial charge in [-0.3, -0.25) is 9.59 Å². The number of aromatic nitrogens is 1. The van der Waals surface area contributed by atoms with Crippen molar-refractivity contribution in [3.8, 4) is 17.0 Å². The monoisotopic (exact) mass is 646 g/mol. The molecule has 2 saturated carbocycles. The van der Waals surface area contributed by atoms with Gasteiger partial charge in [0.25, 0.3) is 5.91 Å². The topological polar surface area (TPSA) is 110 Å². The third kappa shape index (κ3) is 4.99. The molecule has 2 aliphatic heterocycles. The maximum absolute atomic E-state index is 14.5. The standard InChI is InChI=1S/C35H42N4O6S/c1-5-45-25-15-16-38(20-25)34(41)35-19-29(35)28-18-24(44-4)12-14-26(28)32-31(22-9-7-6-8-10-22)27-13-11-23(17-30(27)39(32)21-35)33(40)36-46(42,43)37(2)3/h5,11-14,17-18,22,25,29H,1,6-10,15-16,19-21H2,2-4H3,(H,36,40). The van der Waals surface area contributed by atoms with Gasteiger partial charge in [-0.15, -0.1) is 0 Å². The van der Waals surface area contributed by atoms with Gasteiger partial charge in [0.1, 0.15) is 11.9 Å². The molecule has 1 N–H and O–H groups in total. The fourth-order valence-corrected chi connectivity index (χ4v) is 8.70. The zero-order valence-corrected chi connectivity index (χ0v) is 27.6. The molecule has 2 aliphatic carbocycles. The number of ether oxygens (including phenoxy) is 2. The van der Waals surface area contributed by atoms with E-state index in [1.165, 1.54) is 32.3 Å². The number of methoxy groups -OCH3 is 1. The second kappa shape index (κ2) is 11.5. The van der Waals surface area contributed by atoms with Gasteiger partial charge in [-0.25, -0.2) is 4.72 Å². The van der Waals surface area contributed by atoms with E-state index >= 15 is 0 Å². The first-order valence-electron chi connectivity index (χ1n) is 16.2. The third-order valence-electron chi connectivity index (χ3n) is 10.6. The van der Waals surface area contributed by atoms with Crippen LogP contribution in [0.2, 0.25) is 0 Å². The van der Waals surface area contributed by atoms with Crippen LogP contribution in [0.4, 0.5) is 0 Å². The molecule has 3 aromatic rings. The molecule has 46 heavy (non-hydrogen) atoms. The van der Waals surface area contributed by atoms with Crippen molar-refractivity contribution in [1.82, 2.24) is 18.5 Å². The number of nitrogens with zero attached hydrogens (tertiary/aromatic N) is 3. The van der Waals surface area contributed by atoms with Gasteiger partial charge in [-0.2, -0.15) is 12.7 Å². The Kier molecular flexibility index (Phi) is 7.67. The molecule has 2 amide bonds. The van der Waals surface area contributed by atoms with Crippen LogP contribution >= 0.6 is 0 Å². The molecule has 244 valence electrons. The molecule has 3 heterocycles. The summed E-state index contributed by atoms with van der Waals surface area (Å²) in [7, 11) is 0.451. The van der Waals surface area contributed by atoms with Crippen molar-refractivity contribution in [3.63, 3.8) is 0 Å². The summed E-state index contributed by atoms with van der Waals surface area (Å²) in [6, 6.07) is 11.7. The first-order chi connectivity index (χ1) is 22.1. The van der Waals surface area contributed by atoms with Gasteiger partial charge in [0.05, 0.1) is 31.0 Å². The fourth-order valence-electron chi connectivity index (χ4n) is 8.16. The predicted molar refractivity (Wildman–Crippen MR) is 176 cm³/mol. The maximum atomic E-state index is 14.5. The molecule has 2 aromatic carbocycles. The van der Waals surface area contributed by atoms with Crippen molar-refractivity contribution in [2.24, 2.45) is 5.41 Å². The normalized spacial score (nSPS) is 24.1. The second-order valence-electron chi connectivity index (χ2n) is 13.5. The van der Waals surface area contributed by atoms with Crippen LogP contribution in [0.3, 0.4) is 0 Å². The Morgan fingerprint density at radius 3 is 2.59 bits per heavy atom. The molecule has 3 unspecified atom stereocenters. The lowest BCUT2D eigenvalue weighted by Gasteiger charge is -2.25. The Hall–Kier alpha value is -3.83. The summed E-state index contributed by atoms with van der Waals surface area (Å²) in [5, 5.41) is 1.05. The first-order valence-corrected chi connectivity index (χ1v) is 17.7. The van der Waals surface area contributed by atoms with E-state index in [1.54, 1.807) is 19.2 Å². The second-order valence-corrected chi connectivity index (χ2v) is 15.3. The molecule has 1 saturated heterocycles. The molecule has 1 aromatic heterocycles. The van der Waals surface area contributed by atoms with E-state index in [2.05, 4.69) is 28.0 Å². The number of fused-ring (bicyclic) bond motifs is 7. The smallest absolute Gasteiger partial charge is 0.303 e. The lowest BCUT2D eigenvalue weighted by Crippen LogP contribution is -2.39. The summed E-state index contributed by atoms with van der Waals surface area (Å²) in [6.07, 6.45) is 8.55. The van der Waals surface area contributed by atoms with E-state index < -0.39 is 21.5 Å². The van der Waals surface area contributed by atoms with Crippen molar-refractivity contribution in [2.45, 2.75) is 69.4 Å². The van der Waals surface area contributed by atoms with Crippen LogP contribution in [0.5, 0.6) is 5.75 Å². The molecular formula is C35H42N4O6S. The highest BCUT2D eigenvalue weighted by Gasteiger charge is 2.64. The van der Waals surface area contributed by atoms with Crippen LogP contribution in [-0.4, -0.2) is 74.4 Å². The highest BCUT2D eigenvalue weighted by atomic mass is 32.2.